The number of benzene rings is 4. The van der Waals surface area contributed by atoms with Crippen molar-refractivity contribution in [3.63, 3.8) is 0 Å². The van der Waals surface area contributed by atoms with Gasteiger partial charge in [0, 0.05) is 6.07 Å². The van der Waals surface area contributed by atoms with Gasteiger partial charge in [-0.2, -0.15) is 0 Å². The third-order valence-electron chi connectivity index (χ3n) is 7.11. The van der Waals surface area contributed by atoms with Crippen LogP contribution in [-0.2, 0) is 22.8 Å². The number of imide groups is 2. The van der Waals surface area contributed by atoms with E-state index >= 15 is 0 Å². The number of ether oxygens (including phenoxy) is 5. The third-order valence-corrected chi connectivity index (χ3v) is 7.11. The van der Waals surface area contributed by atoms with Crippen LogP contribution in [0.2, 0.25) is 0 Å². The maximum atomic E-state index is 13.5. The van der Waals surface area contributed by atoms with Gasteiger partial charge in [-0.3, -0.25) is 14.9 Å². The minimum absolute atomic E-state index is 0.191. The van der Waals surface area contributed by atoms with Crippen LogP contribution in [0.1, 0.15) is 37.0 Å². The molecule has 0 aromatic heterocycles. The Morgan fingerprint density at radius 3 is 2.15 bits per heavy atom. The number of carbonyl (C=O) groups is 3. The van der Waals surface area contributed by atoms with Gasteiger partial charge in [-0.15, -0.1) is 0 Å². The maximum Gasteiger partial charge on any atom is 0.335 e. The van der Waals surface area contributed by atoms with Crippen molar-refractivity contribution in [3.05, 3.63) is 113 Å². The van der Waals surface area contributed by atoms with E-state index in [4.69, 9.17) is 23.7 Å². The minimum atomic E-state index is -0.849. The molecule has 0 spiro atoms. The predicted octanol–water partition coefficient (Wildman–Crippen LogP) is 6.71. The molecule has 4 aromatic carbocycles. The molecule has 4 aromatic rings. The molecule has 10 heteroatoms. The molecule has 47 heavy (non-hydrogen) atoms. The van der Waals surface area contributed by atoms with Crippen LogP contribution in [0.3, 0.4) is 0 Å². The lowest BCUT2D eigenvalue weighted by Crippen LogP contribution is -2.54. The molecular weight excluding hydrogens is 600 g/mol. The van der Waals surface area contributed by atoms with Crippen LogP contribution in [-0.4, -0.2) is 38.2 Å². The average Bonchev–Trinajstić information content (AvgIpc) is 3.09. The van der Waals surface area contributed by atoms with E-state index in [2.05, 4.69) is 5.32 Å². The topological polar surface area (TPSA) is 113 Å². The number of amides is 4. The first-order valence-corrected chi connectivity index (χ1v) is 15.3. The molecule has 0 unspecified atom stereocenters. The molecule has 1 fully saturated rings. The van der Waals surface area contributed by atoms with E-state index in [0.29, 0.717) is 54.1 Å². The summed E-state index contributed by atoms with van der Waals surface area (Å²) in [5, 5.41) is 2.25. The zero-order valence-corrected chi connectivity index (χ0v) is 26.5. The fourth-order valence-electron chi connectivity index (χ4n) is 4.78. The summed E-state index contributed by atoms with van der Waals surface area (Å²) in [6, 6.07) is 26.3. The smallest absolute Gasteiger partial charge is 0.335 e. The van der Waals surface area contributed by atoms with Crippen LogP contribution < -0.4 is 33.9 Å². The highest BCUT2D eigenvalue weighted by Gasteiger charge is 2.37. The Labute approximate surface area is 273 Å². The van der Waals surface area contributed by atoms with Crippen molar-refractivity contribution in [1.82, 2.24) is 5.32 Å². The molecule has 1 saturated heterocycles. The Bertz CT molecular complexity index is 1750. The van der Waals surface area contributed by atoms with E-state index in [1.54, 1.807) is 49.6 Å². The summed E-state index contributed by atoms with van der Waals surface area (Å²) < 4.78 is 28.8. The summed E-state index contributed by atoms with van der Waals surface area (Å²) in [5.41, 5.74) is 2.56. The van der Waals surface area contributed by atoms with Gasteiger partial charge in [-0.05, 0) is 72.5 Å². The van der Waals surface area contributed by atoms with Crippen LogP contribution in [0.25, 0.3) is 6.08 Å². The zero-order chi connectivity index (χ0) is 33.2. The highest BCUT2D eigenvalue weighted by Crippen LogP contribution is 2.34. The van der Waals surface area contributed by atoms with Crippen molar-refractivity contribution < 1.29 is 38.1 Å². The molecular formula is C37H36N2O8. The van der Waals surface area contributed by atoms with Crippen molar-refractivity contribution in [1.29, 1.82) is 0 Å². The van der Waals surface area contributed by atoms with E-state index in [1.807, 2.05) is 62.4 Å². The molecule has 0 radical (unpaired) electrons. The Hall–Kier alpha value is -5.77. The molecule has 1 aliphatic heterocycles. The molecule has 0 aliphatic carbocycles. The van der Waals surface area contributed by atoms with Crippen LogP contribution in [0.4, 0.5) is 10.5 Å². The van der Waals surface area contributed by atoms with Gasteiger partial charge in [0.05, 0.1) is 26.0 Å². The van der Waals surface area contributed by atoms with Gasteiger partial charge in [0.1, 0.15) is 24.5 Å². The Balaban J connectivity index is 1.25. The summed E-state index contributed by atoms with van der Waals surface area (Å²) in [6.45, 7) is 5.36. The third kappa shape index (κ3) is 8.09. The SMILES string of the molecule is CCCOc1ccc(N2C(=O)NC(=O)/C(=C\c3ccc(OCc4ccc(OCc5ccccc5)c(OC)c4)cc3)C2=O)cc1OCC. The van der Waals surface area contributed by atoms with E-state index in [0.717, 1.165) is 22.4 Å². The number of methoxy groups -OCH3 is 1. The van der Waals surface area contributed by atoms with Gasteiger partial charge in [0.25, 0.3) is 11.8 Å². The lowest BCUT2D eigenvalue weighted by atomic mass is 10.1. The zero-order valence-electron chi connectivity index (χ0n) is 26.5. The van der Waals surface area contributed by atoms with Crippen molar-refractivity contribution in [2.45, 2.75) is 33.5 Å². The van der Waals surface area contributed by atoms with Gasteiger partial charge in [0.2, 0.25) is 0 Å². The fourth-order valence-corrected chi connectivity index (χ4v) is 4.78. The number of hydrogen-bond donors (Lipinski definition) is 1. The van der Waals surface area contributed by atoms with Gasteiger partial charge in [-0.1, -0.05) is 55.5 Å². The number of carbonyl (C=O) groups excluding carboxylic acids is 3. The van der Waals surface area contributed by atoms with Crippen LogP contribution in [0.15, 0.2) is 96.6 Å². The van der Waals surface area contributed by atoms with Crippen LogP contribution in [0, 0.1) is 0 Å². The number of hydrogen-bond acceptors (Lipinski definition) is 8. The maximum absolute atomic E-state index is 13.5. The molecule has 10 nitrogen and oxygen atoms in total. The molecule has 0 bridgehead atoms. The predicted molar refractivity (Wildman–Crippen MR) is 177 cm³/mol. The van der Waals surface area contributed by atoms with E-state index in [-0.39, 0.29) is 17.9 Å². The Morgan fingerprint density at radius 1 is 0.702 bits per heavy atom. The molecule has 1 heterocycles. The lowest BCUT2D eigenvalue weighted by molar-refractivity contribution is -0.122. The summed E-state index contributed by atoms with van der Waals surface area (Å²) in [4.78, 5) is 39.8. The second-order valence-corrected chi connectivity index (χ2v) is 10.5. The van der Waals surface area contributed by atoms with Crippen molar-refractivity contribution >= 4 is 29.6 Å². The highest BCUT2D eigenvalue weighted by molar-refractivity contribution is 6.39. The Kier molecular flexibility index (Phi) is 10.7. The van der Waals surface area contributed by atoms with Crippen molar-refractivity contribution in [3.8, 4) is 28.7 Å². The number of rotatable bonds is 14. The van der Waals surface area contributed by atoms with Crippen LogP contribution in [0.5, 0.6) is 28.7 Å². The van der Waals surface area contributed by atoms with Crippen molar-refractivity contribution in [2.24, 2.45) is 0 Å². The summed E-state index contributed by atoms with van der Waals surface area (Å²) >= 11 is 0. The second kappa shape index (κ2) is 15.5. The van der Waals surface area contributed by atoms with Gasteiger partial charge in [-0.25, -0.2) is 9.69 Å². The monoisotopic (exact) mass is 636 g/mol. The highest BCUT2D eigenvalue weighted by atomic mass is 16.5. The number of barbiturate groups is 1. The molecule has 4 amide bonds. The van der Waals surface area contributed by atoms with Gasteiger partial charge >= 0.3 is 6.03 Å². The number of urea groups is 1. The lowest BCUT2D eigenvalue weighted by Gasteiger charge is -2.27. The summed E-state index contributed by atoms with van der Waals surface area (Å²) in [6.07, 6.45) is 2.24. The Morgan fingerprint density at radius 2 is 1.43 bits per heavy atom. The fraction of sp³-hybridized carbons (Fsp3) is 0.216. The summed E-state index contributed by atoms with van der Waals surface area (Å²) in [5.74, 6) is 1.17. The average molecular weight is 637 g/mol. The summed E-state index contributed by atoms with van der Waals surface area (Å²) in [7, 11) is 1.59. The normalized spacial score (nSPS) is 13.7. The molecule has 1 aliphatic rings. The minimum Gasteiger partial charge on any atom is -0.493 e. The number of nitrogens with one attached hydrogen (secondary N) is 1. The quantitative estimate of drug-likeness (QED) is 0.120. The van der Waals surface area contributed by atoms with Gasteiger partial charge < -0.3 is 23.7 Å². The van der Waals surface area contributed by atoms with E-state index in [9.17, 15) is 14.4 Å². The molecule has 1 N–H and O–H groups in total. The largest absolute Gasteiger partial charge is 0.493 e. The number of anilines is 1. The molecule has 0 atom stereocenters. The van der Waals surface area contributed by atoms with Crippen molar-refractivity contribution in [2.75, 3.05) is 25.2 Å². The van der Waals surface area contributed by atoms with Crippen LogP contribution >= 0.6 is 0 Å². The molecule has 5 rings (SSSR count). The molecule has 0 saturated carbocycles. The second-order valence-electron chi connectivity index (χ2n) is 10.5. The molecule has 242 valence electrons. The first kappa shape index (κ1) is 32.6. The van der Waals surface area contributed by atoms with Gasteiger partial charge in [0.15, 0.2) is 23.0 Å². The first-order valence-electron chi connectivity index (χ1n) is 15.3. The standard InChI is InChI=1S/C37H36N2O8/c1-4-19-45-32-18-14-28(22-34(32)44-5-2)39-36(41)30(35(40)38-37(39)42)20-25-11-15-29(16-12-25)46-24-27-13-17-31(33(21-27)43-3)47-23-26-9-7-6-8-10-26/h6-18,20-22H,4-5,19,23-24H2,1-3H3,(H,38,40,42)/b30-20+. The first-order chi connectivity index (χ1) is 22.9. The number of nitrogens with zero attached hydrogens (tertiary/aromatic N) is 1. The van der Waals surface area contributed by atoms with E-state index in [1.165, 1.54) is 6.08 Å². The van der Waals surface area contributed by atoms with E-state index < -0.39 is 17.8 Å².